The number of anilines is 1. The highest BCUT2D eigenvalue weighted by atomic mass is 16.5. The summed E-state index contributed by atoms with van der Waals surface area (Å²) in [7, 11) is 0. The van der Waals surface area contributed by atoms with E-state index in [1.165, 1.54) is 5.56 Å². The third kappa shape index (κ3) is 4.80. The molecule has 0 aliphatic heterocycles. The minimum atomic E-state index is -0.801. The fourth-order valence-corrected chi connectivity index (χ4v) is 3.93. The molecule has 2 heterocycles. The molecule has 0 bridgehead atoms. The lowest BCUT2D eigenvalue weighted by Crippen LogP contribution is -2.03. The Hall–Kier alpha value is -3.67. The molecule has 0 unspecified atom stereocenters. The predicted octanol–water partition coefficient (Wildman–Crippen LogP) is 5.01. The first-order valence-electron chi connectivity index (χ1n) is 10.8. The van der Waals surface area contributed by atoms with Crippen LogP contribution in [0.25, 0.3) is 21.8 Å². The van der Waals surface area contributed by atoms with E-state index in [1.54, 1.807) is 0 Å². The lowest BCUT2D eigenvalue weighted by molar-refractivity contribution is -0.137. The Morgan fingerprint density at radius 1 is 1.06 bits per heavy atom. The first-order valence-corrected chi connectivity index (χ1v) is 10.8. The maximum Gasteiger partial charge on any atom is 0.303 e. The molecule has 0 saturated carbocycles. The number of aryl methyl sites for hydroxylation is 4. The Kier molecular flexibility index (Phi) is 6.21. The third-order valence-electron chi connectivity index (χ3n) is 5.67. The van der Waals surface area contributed by atoms with Crippen molar-refractivity contribution in [1.82, 2.24) is 9.97 Å². The maximum atomic E-state index is 10.6. The number of nitrogens with two attached hydrogens (primary N) is 1. The Balaban J connectivity index is 1.49. The molecule has 0 spiro atoms. The van der Waals surface area contributed by atoms with Crippen LogP contribution in [0.3, 0.4) is 0 Å². The maximum absolute atomic E-state index is 10.6. The Labute approximate surface area is 187 Å². The van der Waals surface area contributed by atoms with Crippen LogP contribution in [-0.4, -0.2) is 27.7 Å². The molecular weight excluding hydrogens is 402 g/mol. The topological polar surface area (TPSA) is 98.3 Å². The summed E-state index contributed by atoms with van der Waals surface area (Å²) in [6.45, 7) is 4.52. The van der Waals surface area contributed by atoms with Crippen molar-refractivity contribution in [3.05, 3.63) is 70.9 Å². The van der Waals surface area contributed by atoms with Gasteiger partial charge in [-0.1, -0.05) is 18.2 Å². The van der Waals surface area contributed by atoms with Crippen LogP contribution in [0.5, 0.6) is 5.75 Å². The number of ether oxygens (including phenoxy) is 1. The van der Waals surface area contributed by atoms with Crippen LogP contribution in [0.1, 0.15) is 35.1 Å². The van der Waals surface area contributed by atoms with Crippen LogP contribution in [0.2, 0.25) is 0 Å². The zero-order valence-electron chi connectivity index (χ0n) is 18.4. The fraction of sp³-hybridized carbons (Fsp3) is 0.269. The monoisotopic (exact) mass is 429 g/mol. The fourth-order valence-electron chi connectivity index (χ4n) is 3.93. The average molecular weight is 430 g/mol. The predicted molar refractivity (Wildman–Crippen MR) is 127 cm³/mol. The van der Waals surface area contributed by atoms with E-state index in [0.717, 1.165) is 57.1 Å². The van der Waals surface area contributed by atoms with Gasteiger partial charge < -0.3 is 15.6 Å². The summed E-state index contributed by atoms with van der Waals surface area (Å²) in [6.07, 6.45) is 4.25. The van der Waals surface area contributed by atoms with Crippen molar-refractivity contribution in [3.63, 3.8) is 0 Å². The number of nitrogens with zero attached hydrogens (tertiary/aromatic N) is 2. The second-order valence-corrected chi connectivity index (χ2v) is 8.19. The largest absolute Gasteiger partial charge is 0.494 e. The van der Waals surface area contributed by atoms with Crippen molar-refractivity contribution in [2.75, 3.05) is 12.3 Å². The van der Waals surface area contributed by atoms with Gasteiger partial charge >= 0.3 is 5.97 Å². The number of benzene rings is 2. The van der Waals surface area contributed by atoms with Gasteiger partial charge in [0.1, 0.15) is 11.3 Å². The molecule has 0 aliphatic carbocycles. The van der Waals surface area contributed by atoms with Gasteiger partial charge in [0.15, 0.2) is 5.82 Å². The van der Waals surface area contributed by atoms with Crippen LogP contribution in [-0.2, 0) is 17.6 Å². The van der Waals surface area contributed by atoms with Crippen LogP contribution < -0.4 is 10.5 Å². The molecular formula is C26H27N3O3. The van der Waals surface area contributed by atoms with Gasteiger partial charge in [-0.15, -0.1) is 0 Å². The number of fused-ring (bicyclic) bond motifs is 3. The van der Waals surface area contributed by atoms with Crippen LogP contribution in [0.4, 0.5) is 5.82 Å². The Morgan fingerprint density at radius 2 is 1.91 bits per heavy atom. The molecule has 0 radical (unpaired) electrons. The zero-order valence-corrected chi connectivity index (χ0v) is 18.4. The van der Waals surface area contributed by atoms with Crippen LogP contribution in [0, 0.1) is 13.8 Å². The number of hydrogen-bond acceptors (Lipinski definition) is 5. The zero-order chi connectivity index (χ0) is 22.7. The van der Waals surface area contributed by atoms with Gasteiger partial charge in [0.2, 0.25) is 0 Å². The SMILES string of the molecule is Cc1ccc2c(c1)nc(N)c1ncc(CCc3ccc(OCCCC(=O)O)cc3C)cc12. The molecule has 6 heteroatoms. The molecule has 0 amide bonds. The first-order chi connectivity index (χ1) is 15.4. The van der Waals surface area contributed by atoms with Crippen LogP contribution in [0.15, 0.2) is 48.7 Å². The van der Waals surface area contributed by atoms with Gasteiger partial charge in [0.05, 0.1) is 12.1 Å². The number of carboxylic acid groups (broad SMARTS) is 1. The first kappa shape index (κ1) is 21.6. The molecule has 2 aromatic heterocycles. The Bertz CT molecular complexity index is 1300. The summed E-state index contributed by atoms with van der Waals surface area (Å²) in [5.41, 5.74) is 12.5. The van der Waals surface area contributed by atoms with E-state index < -0.39 is 5.97 Å². The standard InChI is InChI=1S/C26H27N3O3/c1-16-5-10-21-22-14-18(15-28-25(22)26(27)29-23(21)12-16)6-7-19-8-9-20(13-17(19)2)32-11-3-4-24(30)31/h5,8-10,12-15H,3-4,6-7,11H2,1-2H3,(H2,27,29)(H,30,31). The highest BCUT2D eigenvalue weighted by Crippen LogP contribution is 2.28. The summed E-state index contributed by atoms with van der Waals surface area (Å²) in [4.78, 5) is 19.7. The van der Waals surface area contributed by atoms with E-state index in [-0.39, 0.29) is 6.42 Å². The lowest BCUT2D eigenvalue weighted by atomic mass is 9.99. The summed E-state index contributed by atoms with van der Waals surface area (Å²) in [5, 5.41) is 10.8. The van der Waals surface area contributed by atoms with Gasteiger partial charge in [-0.25, -0.2) is 4.98 Å². The molecule has 6 nitrogen and oxygen atoms in total. The van der Waals surface area contributed by atoms with Gasteiger partial charge in [-0.2, -0.15) is 0 Å². The summed E-state index contributed by atoms with van der Waals surface area (Å²) in [5.74, 6) is 0.429. The molecule has 4 aromatic rings. The summed E-state index contributed by atoms with van der Waals surface area (Å²) >= 11 is 0. The van der Waals surface area contributed by atoms with E-state index in [4.69, 9.17) is 15.6 Å². The van der Waals surface area contributed by atoms with Crippen molar-refractivity contribution in [3.8, 4) is 5.75 Å². The second-order valence-electron chi connectivity index (χ2n) is 8.19. The lowest BCUT2D eigenvalue weighted by Gasteiger charge is -2.11. The molecule has 4 rings (SSSR count). The Morgan fingerprint density at radius 3 is 2.69 bits per heavy atom. The van der Waals surface area contributed by atoms with E-state index in [2.05, 4.69) is 41.2 Å². The van der Waals surface area contributed by atoms with Crippen molar-refractivity contribution in [1.29, 1.82) is 0 Å². The number of nitrogen functional groups attached to an aromatic ring is 1. The van der Waals surface area contributed by atoms with Crippen molar-refractivity contribution in [2.45, 2.75) is 39.5 Å². The molecule has 3 N–H and O–H groups in total. The van der Waals surface area contributed by atoms with Gasteiger partial charge in [0, 0.05) is 23.4 Å². The van der Waals surface area contributed by atoms with Gasteiger partial charge in [-0.05, 0) is 79.6 Å². The molecule has 164 valence electrons. The number of aromatic nitrogens is 2. The highest BCUT2D eigenvalue weighted by molar-refractivity contribution is 6.08. The molecule has 2 aromatic carbocycles. The number of carbonyl (C=O) groups is 1. The normalized spacial score (nSPS) is 11.2. The van der Waals surface area contributed by atoms with E-state index in [9.17, 15) is 4.79 Å². The quantitative estimate of drug-likeness (QED) is 0.302. The van der Waals surface area contributed by atoms with Crippen molar-refractivity contribution in [2.24, 2.45) is 0 Å². The number of hydrogen-bond donors (Lipinski definition) is 2. The van der Waals surface area contributed by atoms with E-state index in [0.29, 0.717) is 18.8 Å². The number of rotatable bonds is 8. The molecule has 0 saturated heterocycles. The number of carboxylic acids is 1. The van der Waals surface area contributed by atoms with E-state index >= 15 is 0 Å². The molecule has 0 aliphatic rings. The summed E-state index contributed by atoms with van der Waals surface area (Å²) in [6, 6.07) is 14.4. The minimum absolute atomic E-state index is 0.119. The van der Waals surface area contributed by atoms with Crippen molar-refractivity contribution < 1.29 is 14.6 Å². The smallest absolute Gasteiger partial charge is 0.303 e. The highest BCUT2D eigenvalue weighted by Gasteiger charge is 2.10. The van der Waals surface area contributed by atoms with Crippen LogP contribution >= 0.6 is 0 Å². The number of aliphatic carboxylic acids is 1. The molecule has 32 heavy (non-hydrogen) atoms. The van der Waals surface area contributed by atoms with Gasteiger partial charge in [-0.3, -0.25) is 9.78 Å². The third-order valence-corrected chi connectivity index (χ3v) is 5.67. The summed E-state index contributed by atoms with van der Waals surface area (Å²) < 4.78 is 5.67. The molecule has 0 atom stereocenters. The minimum Gasteiger partial charge on any atom is -0.494 e. The van der Waals surface area contributed by atoms with Gasteiger partial charge in [0.25, 0.3) is 0 Å². The molecule has 0 fully saturated rings. The number of pyridine rings is 2. The van der Waals surface area contributed by atoms with Crippen molar-refractivity contribution >= 4 is 33.6 Å². The van der Waals surface area contributed by atoms with E-state index in [1.807, 2.05) is 31.3 Å². The second kappa shape index (κ2) is 9.22. The average Bonchev–Trinajstić information content (AvgIpc) is 2.75.